The number of benzene rings is 1. The number of hydrogen-bond acceptors (Lipinski definition) is 3. The van der Waals surface area contributed by atoms with Crippen LogP contribution < -0.4 is 15.4 Å². The number of quaternary nitrogens is 2. The number of aryl methyl sites for hydroxylation is 2. The van der Waals surface area contributed by atoms with Crippen molar-refractivity contribution < 1.29 is 19.3 Å². The number of nitrogens with one attached hydrogen (secondary N) is 2. The topological polar surface area (TPSA) is 59.3 Å². The van der Waals surface area contributed by atoms with Crippen molar-refractivity contribution in [1.82, 2.24) is 0 Å². The average molecular weight is 318 g/mol. The number of fused-ring (bicyclic) bond motifs is 1. The maximum absolute atomic E-state index is 11.9. The average Bonchev–Trinajstić information content (AvgIpc) is 2.53. The highest BCUT2D eigenvalue weighted by atomic mass is 16.4. The molecule has 1 aromatic heterocycles. The molecule has 1 aliphatic rings. The lowest BCUT2D eigenvalue weighted by molar-refractivity contribution is -1.02. The first-order valence-corrected chi connectivity index (χ1v) is 8.39. The van der Waals surface area contributed by atoms with Gasteiger partial charge in [0.1, 0.15) is 44.9 Å². The van der Waals surface area contributed by atoms with Crippen LogP contribution in [0.4, 0.5) is 0 Å². The van der Waals surface area contributed by atoms with Crippen LogP contribution in [0, 0.1) is 13.8 Å². The van der Waals surface area contributed by atoms with Gasteiger partial charge in [0.2, 0.25) is 0 Å². The number of rotatable bonds is 4. The maximum Gasteiger partial charge on any atom is 0.336 e. The predicted octanol–water partition coefficient (Wildman–Crippen LogP) is -1.31. The van der Waals surface area contributed by atoms with Crippen LogP contribution in [0.1, 0.15) is 16.7 Å². The molecule has 1 saturated heterocycles. The van der Waals surface area contributed by atoms with Crippen molar-refractivity contribution in [2.24, 2.45) is 0 Å². The molecule has 124 valence electrons. The van der Waals surface area contributed by atoms with Crippen LogP contribution in [0.15, 0.2) is 27.4 Å². The Balaban J connectivity index is 1.84. The molecule has 0 bridgehead atoms. The van der Waals surface area contributed by atoms with Crippen molar-refractivity contribution in [2.45, 2.75) is 20.4 Å². The molecule has 0 amide bonds. The minimum absolute atomic E-state index is 0.258. The van der Waals surface area contributed by atoms with E-state index < -0.39 is 0 Å². The van der Waals surface area contributed by atoms with E-state index in [1.165, 1.54) is 9.80 Å². The molecule has 1 fully saturated rings. The van der Waals surface area contributed by atoms with Crippen LogP contribution >= 0.6 is 0 Å². The zero-order valence-electron chi connectivity index (χ0n) is 13.9. The van der Waals surface area contributed by atoms with Gasteiger partial charge >= 0.3 is 5.63 Å². The molecule has 1 aliphatic heterocycles. The molecule has 5 heteroatoms. The van der Waals surface area contributed by atoms with Crippen molar-refractivity contribution in [3.8, 4) is 0 Å². The summed E-state index contributed by atoms with van der Waals surface area (Å²) in [7, 11) is 0. The van der Waals surface area contributed by atoms with E-state index in [1.54, 1.807) is 6.07 Å². The molecule has 3 N–H and O–H groups in total. The van der Waals surface area contributed by atoms with Gasteiger partial charge in [-0.25, -0.2) is 4.79 Å². The van der Waals surface area contributed by atoms with Crippen LogP contribution in [0.2, 0.25) is 0 Å². The van der Waals surface area contributed by atoms with Gasteiger partial charge in [0.25, 0.3) is 0 Å². The molecule has 2 aromatic rings. The van der Waals surface area contributed by atoms with Crippen molar-refractivity contribution >= 4 is 11.0 Å². The van der Waals surface area contributed by atoms with Gasteiger partial charge in [-0.3, -0.25) is 0 Å². The summed E-state index contributed by atoms with van der Waals surface area (Å²) in [5, 5.41) is 10.1. The lowest BCUT2D eigenvalue weighted by atomic mass is 10.0. The third-order valence-electron chi connectivity index (χ3n) is 5.09. The first-order valence-electron chi connectivity index (χ1n) is 8.39. The monoisotopic (exact) mass is 318 g/mol. The Morgan fingerprint density at radius 3 is 2.52 bits per heavy atom. The second kappa shape index (κ2) is 6.83. The van der Waals surface area contributed by atoms with Crippen LogP contribution in [-0.4, -0.2) is 44.4 Å². The quantitative estimate of drug-likeness (QED) is 0.613. The summed E-state index contributed by atoms with van der Waals surface area (Å²) in [5.41, 5.74) is 3.75. The third-order valence-corrected chi connectivity index (χ3v) is 5.09. The van der Waals surface area contributed by atoms with E-state index in [4.69, 9.17) is 9.52 Å². The van der Waals surface area contributed by atoms with E-state index in [-0.39, 0.29) is 12.2 Å². The van der Waals surface area contributed by atoms with Gasteiger partial charge in [-0.15, -0.1) is 0 Å². The lowest BCUT2D eigenvalue weighted by Gasteiger charge is -2.29. The van der Waals surface area contributed by atoms with Gasteiger partial charge in [0.05, 0.1) is 6.61 Å². The molecule has 0 spiro atoms. The minimum Gasteiger partial charge on any atom is -0.422 e. The Labute approximate surface area is 136 Å². The fraction of sp³-hybridized carbons (Fsp3) is 0.500. The molecule has 23 heavy (non-hydrogen) atoms. The molecular formula is C18H26N2O3+2. The summed E-state index contributed by atoms with van der Waals surface area (Å²) in [6.45, 7) is 10.3. The Kier molecular flexibility index (Phi) is 4.80. The van der Waals surface area contributed by atoms with E-state index in [2.05, 4.69) is 12.1 Å². The predicted molar refractivity (Wildman–Crippen MR) is 89.0 cm³/mol. The Morgan fingerprint density at radius 1 is 1.13 bits per heavy atom. The maximum atomic E-state index is 11.9. The van der Waals surface area contributed by atoms with E-state index >= 15 is 0 Å². The molecule has 0 atom stereocenters. The van der Waals surface area contributed by atoms with Gasteiger partial charge in [0, 0.05) is 17.0 Å². The molecule has 1 aromatic carbocycles. The Morgan fingerprint density at radius 2 is 1.83 bits per heavy atom. The van der Waals surface area contributed by atoms with Crippen LogP contribution in [0.25, 0.3) is 11.0 Å². The fourth-order valence-corrected chi connectivity index (χ4v) is 3.48. The number of aliphatic hydroxyl groups is 1. The smallest absolute Gasteiger partial charge is 0.336 e. The van der Waals surface area contributed by atoms with Crippen LogP contribution in [0.5, 0.6) is 0 Å². The second-order valence-corrected chi connectivity index (χ2v) is 6.63. The lowest BCUT2D eigenvalue weighted by Crippen LogP contribution is -3.27. The Hall–Kier alpha value is -1.69. The largest absolute Gasteiger partial charge is 0.422 e. The van der Waals surface area contributed by atoms with E-state index in [0.29, 0.717) is 0 Å². The molecule has 0 unspecified atom stereocenters. The first kappa shape index (κ1) is 16.2. The summed E-state index contributed by atoms with van der Waals surface area (Å²) in [4.78, 5) is 14.9. The Bertz CT molecular complexity index is 746. The molecule has 0 saturated carbocycles. The number of piperazine rings is 1. The fourth-order valence-electron chi connectivity index (χ4n) is 3.48. The highest BCUT2D eigenvalue weighted by Gasteiger charge is 2.23. The summed E-state index contributed by atoms with van der Waals surface area (Å²) in [6.07, 6.45) is 0. The van der Waals surface area contributed by atoms with Gasteiger partial charge in [-0.2, -0.15) is 0 Å². The van der Waals surface area contributed by atoms with Crippen LogP contribution in [-0.2, 0) is 6.54 Å². The molecule has 0 aliphatic carbocycles. The van der Waals surface area contributed by atoms with Crippen LogP contribution in [0.3, 0.4) is 0 Å². The summed E-state index contributed by atoms with van der Waals surface area (Å²) < 4.78 is 5.46. The van der Waals surface area contributed by atoms with Gasteiger partial charge < -0.3 is 19.3 Å². The summed E-state index contributed by atoms with van der Waals surface area (Å²) in [6, 6.07) is 5.82. The molecule has 3 rings (SSSR count). The second-order valence-electron chi connectivity index (χ2n) is 6.63. The zero-order valence-corrected chi connectivity index (χ0v) is 13.9. The molecule has 0 radical (unpaired) electrons. The molecule has 2 heterocycles. The van der Waals surface area contributed by atoms with Gasteiger partial charge in [-0.05, 0) is 25.0 Å². The standard InChI is InChI=1S/C18H24N2O3/c1-13-3-4-16-15(11-17(22)23-18(16)14(13)2)12-20-7-5-19(6-8-20)9-10-21/h3-4,11,21H,5-10,12H2,1-2H3/p+2. The first-order chi connectivity index (χ1) is 11.1. The van der Waals surface area contributed by atoms with Gasteiger partial charge in [0.15, 0.2) is 0 Å². The number of hydrogen-bond donors (Lipinski definition) is 3. The normalized spacial score (nSPS) is 21.7. The SMILES string of the molecule is Cc1ccc2c(C[NH+]3CC[NH+](CCO)CC3)cc(=O)oc2c1C. The summed E-state index contributed by atoms with van der Waals surface area (Å²) >= 11 is 0. The van der Waals surface area contributed by atoms with E-state index in [1.807, 2.05) is 13.8 Å². The molecule has 5 nitrogen and oxygen atoms in total. The highest BCUT2D eigenvalue weighted by molar-refractivity contribution is 5.83. The van der Waals surface area contributed by atoms with Gasteiger partial charge in [-0.1, -0.05) is 12.1 Å². The van der Waals surface area contributed by atoms with E-state index in [0.717, 1.165) is 66.9 Å². The van der Waals surface area contributed by atoms with Crippen molar-refractivity contribution in [1.29, 1.82) is 0 Å². The highest BCUT2D eigenvalue weighted by Crippen LogP contribution is 2.22. The van der Waals surface area contributed by atoms with Crippen molar-refractivity contribution in [2.75, 3.05) is 39.3 Å². The third kappa shape index (κ3) is 3.47. The summed E-state index contributed by atoms with van der Waals surface area (Å²) in [5.74, 6) is 0. The minimum atomic E-state index is -0.259. The number of aliphatic hydroxyl groups excluding tert-OH is 1. The molecular weight excluding hydrogens is 292 g/mol. The van der Waals surface area contributed by atoms with E-state index in [9.17, 15) is 4.79 Å². The van der Waals surface area contributed by atoms with Crippen molar-refractivity contribution in [3.05, 3.63) is 45.3 Å². The van der Waals surface area contributed by atoms with Crippen molar-refractivity contribution in [3.63, 3.8) is 0 Å². The zero-order chi connectivity index (χ0) is 16.4.